The number of hydrogen-bond acceptors (Lipinski definition) is 4. The Bertz CT molecular complexity index is 1490. The van der Waals surface area contributed by atoms with Crippen LogP contribution in [0, 0.1) is 0 Å². The fraction of sp³-hybridized carbons (Fsp3) is 0.158. The minimum Gasteiger partial charge on any atom is -0.478 e. The molecule has 7 rings (SSSR count). The first-order valence-electron chi connectivity index (χ1n) is 14.5. The molecule has 0 aromatic heterocycles. The number of hydrogen-bond donors (Lipinski definition) is 0. The zero-order valence-corrected chi connectivity index (χ0v) is 23.4. The Kier molecular flexibility index (Phi) is 6.89. The molecular weight excluding hydrogens is 516 g/mol. The van der Waals surface area contributed by atoms with Crippen LogP contribution in [-0.2, 0) is 20.3 Å². The third-order valence-electron chi connectivity index (χ3n) is 8.39. The Morgan fingerprint density at radius 1 is 0.357 bits per heavy atom. The molecule has 0 spiro atoms. The SMILES string of the molecule is c1ccc(C(C2=NCCO2)(c2ccccc2)c2ccc(C(C3=NCCO3)(c3ccccc3)c3ccccc3)cc2)cc1. The van der Waals surface area contributed by atoms with Crippen LogP contribution in [0.5, 0.6) is 0 Å². The molecule has 0 saturated heterocycles. The molecule has 0 saturated carbocycles. The quantitative estimate of drug-likeness (QED) is 0.192. The van der Waals surface area contributed by atoms with Crippen LogP contribution in [0.1, 0.15) is 33.4 Å². The van der Waals surface area contributed by atoms with Crippen LogP contribution in [0.25, 0.3) is 0 Å². The molecule has 0 atom stereocenters. The second-order valence-corrected chi connectivity index (χ2v) is 10.6. The summed E-state index contributed by atoms with van der Waals surface area (Å²) in [5.74, 6) is 1.46. The van der Waals surface area contributed by atoms with E-state index in [1.54, 1.807) is 0 Å². The molecule has 2 aliphatic rings. The summed E-state index contributed by atoms with van der Waals surface area (Å²) in [6.45, 7) is 2.46. The van der Waals surface area contributed by atoms with Crippen LogP contribution in [0.15, 0.2) is 156 Å². The minimum absolute atomic E-state index is 0.580. The second kappa shape index (κ2) is 11.1. The molecule has 0 fully saturated rings. The van der Waals surface area contributed by atoms with Crippen LogP contribution in [0.3, 0.4) is 0 Å². The molecule has 0 aliphatic carbocycles. The first-order chi connectivity index (χ1) is 20.8. The van der Waals surface area contributed by atoms with E-state index in [-0.39, 0.29) is 0 Å². The third-order valence-corrected chi connectivity index (χ3v) is 8.39. The number of benzene rings is 5. The number of nitrogens with zero attached hydrogens (tertiary/aromatic N) is 2. The smallest absolute Gasteiger partial charge is 0.203 e. The monoisotopic (exact) mass is 548 g/mol. The van der Waals surface area contributed by atoms with E-state index in [0.717, 1.165) is 45.2 Å². The van der Waals surface area contributed by atoms with Gasteiger partial charge in [0.05, 0.1) is 13.1 Å². The summed E-state index contributed by atoms with van der Waals surface area (Å²) in [6, 6.07) is 51.2. The van der Waals surface area contributed by atoms with Gasteiger partial charge in [-0.15, -0.1) is 0 Å². The van der Waals surface area contributed by atoms with E-state index in [1.165, 1.54) is 0 Å². The van der Waals surface area contributed by atoms with Crippen molar-refractivity contribution in [2.75, 3.05) is 26.3 Å². The van der Waals surface area contributed by atoms with Crippen molar-refractivity contribution in [2.24, 2.45) is 9.98 Å². The molecule has 2 aliphatic heterocycles. The van der Waals surface area contributed by atoms with E-state index in [1.807, 2.05) is 0 Å². The van der Waals surface area contributed by atoms with Gasteiger partial charge in [0.15, 0.2) is 0 Å². The van der Waals surface area contributed by atoms with Crippen molar-refractivity contribution in [3.8, 4) is 0 Å². The molecule has 0 N–H and O–H groups in total. The molecule has 42 heavy (non-hydrogen) atoms. The molecular formula is C38H32N2O2. The molecule has 4 nitrogen and oxygen atoms in total. The van der Waals surface area contributed by atoms with Gasteiger partial charge in [0.1, 0.15) is 24.0 Å². The minimum atomic E-state index is -0.693. The fourth-order valence-corrected chi connectivity index (χ4v) is 6.59. The first-order valence-corrected chi connectivity index (χ1v) is 14.5. The van der Waals surface area contributed by atoms with E-state index in [9.17, 15) is 0 Å². The van der Waals surface area contributed by atoms with E-state index in [4.69, 9.17) is 19.5 Å². The highest BCUT2D eigenvalue weighted by atomic mass is 16.5. The van der Waals surface area contributed by atoms with Crippen LogP contribution >= 0.6 is 0 Å². The van der Waals surface area contributed by atoms with Crippen LogP contribution in [0.4, 0.5) is 0 Å². The molecule has 2 heterocycles. The normalized spacial score (nSPS) is 15.0. The average molecular weight is 549 g/mol. The lowest BCUT2D eigenvalue weighted by Crippen LogP contribution is -2.40. The lowest BCUT2D eigenvalue weighted by molar-refractivity contribution is 0.325. The number of aliphatic imine (C=N–C) groups is 2. The van der Waals surface area contributed by atoms with Gasteiger partial charge in [-0.05, 0) is 33.4 Å². The lowest BCUT2D eigenvalue weighted by Gasteiger charge is -2.37. The Hall–Kier alpha value is -4.96. The van der Waals surface area contributed by atoms with Crippen molar-refractivity contribution in [1.29, 1.82) is 0 Å². The Labute approximate surface area is 247 Å². The molecule has 0 unspecified atom stereocenters. The molecule has 0 amide bonds. The van der Waals surface area contributed by atoms with Crippen LogP contribution < -0.4 is 0 Å². The standard InChI is InChI=1S/C38H32N2O2/c1-5-13-29(14-6-1)37(35-39-25-27-41-35,30-15-7-2-8-16-30)33-21-23-34(24-22-33)38(36-40-26-28-42-36,31-17-9-3-10-18-31)32-19-11-4-12-20-32/h1-24H,25-28H2. The summed E-state index contributed by atoms with van der Waals surface area (Å²) >= 11 is 0. The molecule has 4 heteroatoms. The highest BCUT2D eigenvalue weighted by Crippen LogP contribution is 2.45. The zero-order chi connectivity index (χ0) is 28.2. The summed E-state index contributed by atoms with van der Waals surface area (Å²) < 4.78 is 12.6. The average Bonchev–Trinajstić information content (AvgIpc) is 3.81. The predicted molar refractivity (Wildman–Crippen MR) is 168 cm³/mol. The van der Waals surface area contributed by atoms with Crippen LogP contribution in [-0.4, -0.2) is 38.1 Å². The summed E-state index contributed by atoms with van der Waals surface area (Å²) in [7, 11) is 0. The van der Waals surface area contributed by atoms with Crippen LogP contribution in [0.2, 0.25) is 0 Å². The lowest BCUT2D eigenvalue weighted by atomic mass is 9.66. The molecule has 0 bridgehead atoms. The fourth-order valence-electron chi connectivity index (χ4n) is 6.59. The van der Waals surface area contributed by atoms with Gasteiger partial charge in [-0.1, -0.05) is 146 Å². The van der Waals surface area contributed by atoms with E-state index in [0.29, 0.717) is 26.3 Å². The molecule has 5 aromatic rings. The van der Waals surface area contributed by atoms with Crippen molar-refractivity contribution < 1.29 is 9.47 Å². The van der Waals surface area contributed by atoms with Gasteiger partial charge in [0, 0.05) is 0 Å². The third kappa shape index (κ3) is 4.14. The molecule has 5 aromatic carbocycles. The summed E-state index contributed by atoms with van der Waals surface area (Å²) in [5.41, 5.74) is 5.26. The maximum absolute atomic E-state index is 6.31. The van der Waals surface area contributed by atoms with Gasteiger partial charge < -0.3 is 9.47 Å². The Balaban J connectivity index is 1.48. The molecule has 0 radical (unpaired) electrons. The first kappa shape index (κ1) is 26.0. The van der Waals surface area contributed by atoms with Gasteiger partial charge in [-0.3, -0.25) is 9.98 Å². The number of rotatable bonds is 8. The van der Waals surface area contributed by atoms with Crippen molar-refractivity contribution >= 4 is 11.8 Å². The number of ether oxygens (including phenoxy) is 2. The largest absolute Gasteiger partial charge is 0.478 e. The highest BCUT2D eigenvalue weighted by Gasteiger charge is 2.47. The second-order valence-electron chi connectivity index (χ2n) is 10.6. The van der Waals surface area contributed by atoms with E-state index >= 15 is 0 Å². The Morgan fingerprint density at radius 2 is 0.619 bits per heavy atom. The zero-order valence-electron chi connectivity index (χ0n) is 23.4. The van der Waals surface area contributed by atoms with Crippen molar-refractivity contribution in [2.45, 2.75) is 10.8 Å². The predicted octanol–water partition coefficient (Wildman–Crippen LogP) is 7.21. The molecule has 206 valence electrons. The topological polar surface area (TPSA) is 43.2 Å². The van der Waals surface area contributed by atoms with Crippen molar-refractivity contribution in [3.05, 3.63) is 179 Å². The van der Waals surface area contributed by atoms with E-state index in [2.05, 4.69) is 146 Å². The van der Waals surface area contributed by atoms with Gasteiger partial charge in [0.2, 0.25) is 11.8 Å². The summed E-state index contributed by atoms with van der Waals surface area (Å²) in [4.78, 5) is 9.84. The van der Waals surface area contributed by atoms with Gasteiger partial charge in [-0.2, -0.15) is 0 Å². The van der Waals surface area contributed by atoms with Crippen molar-refractivity contribution in [1.82, 2.24) is 0 Å². The van der Waals surface area contributed by atoms with Gasteiger partial charge >= 0.3 is 0 Å². The Morgan fingerprint density at radius 3 is 0.857 bits per heavy atom. The highest BCUT2D eigenvalue weighted by molar-refractivity contribution is 5.98. The summed E-state index contributed by atoms with van der Waals surface area (Å²) in [5, 5.41) is 0. The maximum Gasteiger partial charge on any atom is 0.203 e. The maximum atomic E-state index is 6.31. The van der Waals surface area contributed by atoms with Gasteiger partial charge in [-0.25, -0.2) is 0 Å². The van der Waals surface area contributed by atoms with E-state index < -0.39 is 10.8 Å². The van der Waals surface area contributed by atoms with Gasteiger partial charge in [0.25, 0.3) is 0 Å². The van der Waals surface area contributed by atoms with Crippen molar-refractivity contribution in [3.63, 3.8) is 0 Å². The summed E-state index contributed by atoms with van der Waals surface area (Å²) in [6.07, 6.45) is 0.